The van der Waals surface area contributed by atoms with E-state index in [0.29, 0.717) is 45.3 Å². The van der Waals surface area contributed by atoms with Crippen molar-refractivity contribution in [1.82, 2.24) is 0 Å². The van der Waals surface area contributed by atoms with E-state index in [1.54, 1.807) is 0 Å². The summed E-state index contributed by atoms with van der Waals surface area (Å²) in [4.78, 5) is 22.7. The molecule has 0 unspecified atom stereocenters. The van der Waals surface area contributed by atoms with E-state index in [-0.39, 0.29) is 18.5 Å². The van der Waals surface area contributed by atoms with Gasteiger partial charge in [0.1, 0.15) is 6.61 Å². The lowest BCUT2D eigenvalue weighted by Crippen LogP contribution is -2.32. The van der Waals surface area contributed by atoms with Crippen molar-refractivity contribution in [3.63, 3.8) is 0 Å². The number of carbonyl (C=O) groups is 2. The highest BCUT2D eigenvalue weighted by molar-refractivity contribution is 5.70. The summed E-state index contributed by atoms with van der Waals surface area (Å²) >= 11 is 0. The van der Waals surface area contributed by atoms with Crippen molar-refractivity contribution in [2.45, 2.75) is 51.6 Å². The van der Waals surface area contributed by atoms with E-state index >= 15 is 0 Å². The molecular formula is C13H22O5. The molecule has 1 aliphatic rings. The second kappa shape index (κ2) is 7.36. The average molecular weight is 258 g/mol. The van der Waals surface area contributed by atoms with Gasteiger partial charge in [-0.25, -0.2) is 0 Å². The second-order valence-corrected chi connectivity index (χ2v) is 5.05. The van der Waals surface area contributed by atoms with Gasteiger partial charge in [0.25, 0.3) is 0 Å². The molecule has 0 aromatic heterocycles. The summed E-state index contributed by atoms with van der Waals surface area (Å²) in [5.41, 5.74) is -0.496. The maximum absolute atomic E-state index is 11.4. The van der Waals surface area contributed by atoms with Crippen LogP contribution in [-0.2, 0) is 23.8 Å². The SMILES string of the molecule is CC1(C)COC(=O)CCCCC(=O)OCCCO1. The highest BCUT2D eigenvalue weighted by Crippen LogP contribution is 2.12. The summed E-state index contributed by atoms with van der Waals surface area (Å²) in [5.74, 6) is -0.447. The molecule has 0 aliphatic carbocycles. The maximum Gasteiger partial charge on any atom is 0.305 e. The van der Waals surface area contributed by atoms with Crippen molar-refractivity contribution in [1.29, 1.82) is 0 Å². The summed E-state index contributed by atoms with van der Waals surface area (Å²) in [5, 5.41) is 0. The summed E-state index contributed by atoms with van der Waals surface area (Å²) in [6, 6.07) is 0. The van der Waals surface area contributed by atoms with Crippen molar-refractivity contribution < 1.29 is 23.8 Å². The summed E-state index contributed by atoms with van der Waals surface area (Å²) in [7, 11) is 0. The van der Waals surface area contributed by atoms with E-state index < -0.39 is 5.60 Å². The van der Waals surface area contributed by atoms with Crippen molar-refractivity contribution in [2.24, 2.45) is 0 Å². The number of cyclic esters (lactones) is 2. The van der Waals surface area contributed by atoms with Crippen molar-refractivity contribution in [3.8, 4) is 0 Å². The smallest absolute Gasteiger partial charge is 0.305 e. The van der Waals surface area contributed by atoms with Gasteiger partial charge in [-0.1, -0.05) is 0 Å². The molecule has 1 rings (SSSR count). The predicted molar refractivity (Wildman–Crippen MR) is 65.0 cm³/mol. The lowest BCUT2D eigenvalue weighted by Gasteiger charge is -2.25. The molecule has 0 spiro atoms. The quantitative estimate of drug-likeness (QED) is 0.620. The zero-order valence-electron chi connectivity index (χ0n) is 11.2. The van der Waals surface area contributed by atoms with Gasteiger partial charge in [0.05, 0.1) is 18.8 Å². The topological polar surface area (TPSA) is 61.8 Å². The van der Waals surface area contributed by atoms with Gasteiger partial charge in [0.15, 0.2) is 0 Å². The van der Waals surface area contributed by atoms with Crippen LogP contribution in [-0.4, -0.2) is 37.4 Å². The van der Waals surface area contributed by atoms with Gasteiger partial charge in [-0.2, -0.15) is 0 Å². The molecule has 104 valence electrons. The average Bonchev–Trinajstić information content (AvgIpc) is 2.31. The molecule has 0 bridgehead atoms. The van der Waals surface area contributed by atoms with Crippen molar-refractivity contribution in [3.05, 3.63) is 0 Å². The molecule has 0 atom stereocenters. The van der Waals surface area contributed by atoms with E-state index in [1.807, 2.05) is 13.8 Å². The zero-order valence-corrected chi connectivity index (χ0v) is 11.2. The van der Waals surface area contributed by atoms with Crippen LogP contribution in [0.2, 0.25) is 0 Å². The first-order valence-corrected chi connectivity index (χ1v) is 6.45. The Labute approximate surface area is 108 Å². The van der Waals surface area contributed by atoms with E-state index in [0.717, 1.165) is 0 Å². The van der Waals surface area contributed by atoms with Crippen LogP contribution in [0.15, 0.2) is 0 Å². The van der Waals surface area contributed by atoms with Gasteiger partial charge < -0.3 is 14.2 Å². The molecular weight excluding hydrogens is 236 g/mol. The fourth-order valence-electron chi connectivity index (χ4n) is 1.57. The van der Waals surface area contributed by atoms with Crippen LogP contribution in [0.4, 0.5) is 0 Å². The first-order chi connectivity index (χ1) is 8.49. The highest BCUT2D eigenvalue weighted by Gasteiger charge is 2.21. The Bertz CT molecular complexity index is 285. The molecule has 18 heavy (non-hydrogen) atoms. The lowest BCUT2D eigenvalue weighted by atomic mass is 10.1. The normalized spacial score (nSPS) is 23.7. The van der Waals surface area contributed by atoms with Gasteiger partial charge in [0.2, 0.25) is 0 Å². The lowest BCUT2D eigenvalue weighted by molar-refractivity contribution is -0.155. The fourth-order valence-corrected chi connectivity index (χ4v) is 1.57. The molecule has 1 heterocycles. The van der Waals surface area contributed by atoms with Gasteiger partial charge in [-0.15, -0.1) is 0 Å². The number of carbonyl (C=O) groups excluding carboxylic acids is 2. The maximum atomic E-state index is 11.4. The van der Waals surface area contributed by atoms with Crippen LogP contribution in [0.25, 0.3) is 0 Å². The Balaban J connectivity index is 2.43. The van der Waals surface area contributed by atoms with Gasteiger partial charge in [-0.05, 0) is 26.7 Å². The minimum atomic E-state index is -0.496. The molecule has 0 amide bonds. The molecule has 0 N–H and O–H groups in total. The second-order valence-electron chi connectivity index (χ2n) is 5.05. The molecule has 0 radical (unpaired) electrons. The molecule has 5 nitrogen and oxygen atoms in total. The monoisotopic (exact) mass is 258 g/mol. The fraction of sp³-hybridized carbons (Fsp3) is 0.846. The van der Waals surface area contributed by atoms with E-state index in [9.17, 15) is 9.59 Å². The van der Waals surface area contributed by atoms with Crippen LogP contribution in [0.5, 0.6) is 0 Å². The molecule has 0 aromatic rings. The minimum absolute atomic E-state index is 0.209. The van der Waals surface area contributed by atoms with Gasteiger partial charge in [0, 0.05) is 19.3 Å². The van der Waals surface area contributed by atoms with Gasteiger partial charge >= 0.3 is 11.9 Å². The first-order valence-electron chi connectivity index (χ1n) is 6.45. The summed E-state index contributed by atoms with van der Waals surface area (Å²) in [6.45, 7) is 4.87. The number of rotatable bonds is 0. The Morgan fingerprint density at radius 2 is 1.50 bits per heavy atom. The largest absolute Gasteiger partial charge is 0.466 e. The summed E-state index contributed by atoms with van der Waals surface area (Å²) < 4.78 is 15.8. The van der Waals surface area contributed by atoms with Gasteiger partial charge in [-0.3, -0.25) is 9.59 Å². The third-order valence-corrected chi connectivity index (χ3v) is 2.64. The Hall–Kier alpha value is -1.10. The Kier molecular flexibility index (Phi) is 6.12. The van der Waals surface area contributed by atoms with Crippen LogP contribution in [0.3, 0.4) is 0 Å². The third kappa shape index (κ3) is 6.59. The van der Waals surface area contributed by atoms with E-state index in [2.05, 4.69) is 0 Å². The standard InChI is InChI=1S/C13H22O5/c1-13(2)10-17-12(15)7-4-3-6-11(14)16-8-5-9-18-13/h3-10H2,1-2H3. The molecule has 1 aliphatic heterocycles. The van der Waals surface area contributed by atoms with Crippen LogP contribution in [0, 0.1) is 0 Å². The van der Waals surface area contributed by atoms with Crippen molar-refractivity contribution >= 4 is 11.9 Å². The van der Waals surface area contributed by atoms with Crippen LogP contribution in [0.1, 0.15) is 46.0 Å². The number of hydrogen-bond acceptors (Lipinski definition) is 5. The minimum Gasteiger partial charge on any atom is -0.466 e. The molecule has 5 heteroatoms. The Morgan fingerprint density at radius 3 is 2.17 bits per heavy atom. The van der Waals surface area contributed by atoms with Crippen LogP contribution >= 0.6 is 0 Å². The number of hydrogen-bond donors (Lipinski definition) is 0. The van der Waals surface area contributed by atoms with Crippen LogP contribution < -0.4 is 0 Å². The number of ether oxygens (including phenoxy) is 3. The molecule has 1 fully saturated rings. The molecule has 1 saturated heterocycles. The third-order valence-electron chi connectivity index (χ3n) is 2.64. The highest BCUT2D eigenvalue weighted by atomic mass is 16.6. The number of esters is 2. The van der Waals surface area contributed by atoms with Crippen molar-refractivity contribution in [2.75, 3.05) is 19.8 Å². The summed E-state index contributed by atoms with van der Waals surface area (Å²) in [6.07, 6.45) is 2.66. The zero-order chi connectivity index (χ0) is 13.4. The first kappa shape index (κ1) is 15.0. The molecule has 0 saturated carbocycles. The van der Waals surface area contributed by atoms with E-state index in [1.165, 1.54) is 0 Å². The Morgan fingerprint density at radius 1 is 0.889 bits per heavy atom. The molecule has 0 aromatic carbocycles. The van der Waals surface area contributed by atoms with E-state index in [4.69, 9.17) is 14.2 Å². The predicted octanol–water partition coefficient (Wildman–Crippen LogP) is 1.83.